The van der Waals surface area contributed by atoms with Crippen LogP contribution in [0.15, 0.2) is 45.7 Å². The van der Waals surface area contributed by atoms with Gasteiger partial charge < -0.3 is 18.9 Å². The van der Waals surface area contributed by atoms with Crippen molar-refractivity contribution in [1.82, 2.24) is 4.98 Å². The van der Waals surface area contributed by atoms with Gasteiger partial charge in [-0.3, -0.25) is 4.79 Å². The van der Waals surface area contributed by atoms with E-state index in [-0.39, 0.29) is 18.1 Å². The van der Waals surface area contributed by atoms with E-state index in [1.807, 2.05) is 0 Å². The number of ether oxygens (including phenoxy) is 2. The van der Waals surface area contributed by atoms with Gasteiger partial charge in [-0.1, -0.05) is 0 Å². The molecule has 0 fully saturated rings. The molecule has 2 aromatic heterocycles. The van der Waals surface area contributed by atoms with Gasteiger partial charge in [0.25, 0.3) is 0 Å². The van der Waals surface area contributed by atoms with E-state index in [0.29, 0.717) is 27.8 Å². The number of nitrogens with one attached hydrogen (secondary N) is 1. The van der Waals surface area contributed by atoms with Crippen molar-refractivity contribution in [2.75, 3.05) is 7.11 Å². The number of carbonyl (C=O) groups is 2. The molecule has 2 heterocycles. The molecular formula is C18H15NO6. The highest BCUT2D eigenvalue weighted by Crippen LogP contribution is 2.23. The van der Waals surface area contributed by atoms with Crippen molar-refractivity contribution in [2.45, 2.75) is 13.5 Å². The summed E-state index contributed by atoms with van der Waals surface area (Å²) in [6, 6.07) is 7.73. The first-order valence-electron chi connectivity index (χ1n) is 7.45. The number of hydrogen-bond donors (Lipinski definition) is 1. The van der Waals surface area contributed by atoms with Gasteiger partial charge >= 0.3 is 11.6 Å². The van der Waals surface area contributed by atoms with Gasteiger partial charge in [0.1, 0.15) is 23.6 Å². The highest BCUT2D eigenvalue weighted by molar-refractivity contribution is 5.97. The van der Waals surface area contributed by atoms with Crippen molar-refractivity contribution in [3.63, 3.8) is 0 Å². The van der Waals surface area contributed by atoms with Gasteiger partial charge in [-0.2, -0.15) is 0 Å². The number of benzene rings is 1. The Hall–Kier alpha value is -3.35. The largest absolute Gasteiger partial charge is 0.497 e. The maximum absolute atomic E-state index is 12.1. The Morgan fingerprint density at radius 1 is 1.20 bits per heavy atom. The number of Topliss-reactive ketones (excluding diaryl/α,β-unsaturated/α-hetero) is 1. The molecular weight excluding hydrogens is 326 g/mol. The number of aromatic amines is 1. The van der Waals surface area contributed by atoms with Crippen LogP contribution in [-0.2, 0) is 11.3 Å². The summed E-state index contributed by atoms with van der Waals surface area (Å²) in [4.78, 5) is 37.8. The molecule has 0 saturated carbocycles. The van der Waals surface area contributed by atoms with E-state index in [4.69, 9.17) is 13.9 Å². The number of methoxy groups -OCH3 is 1. The lowest BCUT2D eigenvalue weighted by molar-refractivity contribution is 0.0467. The minimum Gasteiger partial charge on any atom is -0.497 e. The summed E-state index contributed by atoms with van der Waals surface area (Å²) < 4.78 is 15.5. The molecule has 0 spiro atoms. The fraction of sp³-hybridized carbons (Fsp3) is 0.167. The number of carbonyl (C=O) groups excluding carboxylic acids is 2. The van der Waals surface area contributed by atoms with Crippen LogP contribution in [0.25, 0.3) is 11.0 Å². The molecule has 0 aliphatic carbocycles. The molecule has 0 unspecified atom stereocenters. The van der Waals surface area contributed by atoms with Crippen LogP contribution in [0.5, 0.6) is 5.75 Å². The van der Waals surface area contributed by atoms with Crippen molar-refractivity contribution in [3.8, 4) is 5.75 Å². The highest BCUT2D eigenvalue weighted by atomic mass is 16.5. The van der Waals surface area contributed by atoms with Crippen LogP contribution in [0.3, 0.4) is 0 Å². The van der Waals surface area contributed by atoms with Crippen LogP contribution in [0, 0.1) is 0 Å². The fourth-order valence-corrected chi connectivity index (χ4v) is 2.39. The molecule has 1 N–H and O–H groups in total. The topological polar surface area (TPSA) is 98.6 Å². The molecule has 0 atom stereocenters. The summed E-state index contributed by atoms with van der Waals surface area (Å²) in [5.74, 6) is -0.230. The minimum absolute atomic E-state index is 0.109. The van der Waals surface area contributed by atoms with Crippen molar-refractivity contribution in [1.29, 1.82) is 0 Å². The summed E-state index contributed by atoms with van der Waals surface area (Å²) in [6.07, 6.45) is 1.44. The molecule has 3 aromatic rings. The van der Waals surface area contributed by atoms with Gasteiger partial charge in [0.15, 0.2) is 5.78 Å². The Labute approximate surface area is 142 Å². The maximum atomic E-state index is 12.1. The van der Waals surface area contributed by atoms with E-state index in [9.17, 15) is 14.4 Å². The van der Waals surface area contributed by atoms with Crippen LogP contribution in [0.2, 0.25) is 0 Å². The normalized spacial score (nSPS) is 10.6. The Morgan fingerprint density at radius 2 is 2.00 bits per heavy atom. The lowest BCUT2D eigenvalue weighted by Crippen LogP contribution is -2.08. The zero-order chi connectivity index (χ0) is 18.0. The van der Waals surface area contributed by atoms with Gasteiger partial charge in [-0.05, 0) is 25.1 Å². The SMILES string of the molecule is COc1ccc2c(COC(=O)c3cc(C(C)=O)c[nH]3)cc(=O)oc2c1. The van der Waals surface area contributed by atoms with Gasteiger partial charge in [0, 0.05) is 34.8 Å². The summed E-state index contributed by atoms with van der Waals surface area (Å²) >= 11 is 0. The van der Waals surface area contributed by atoms with E-state index in [0.717, 1.165) is 0 Å². The van der Waals surface area contributed by atoms with E-state index >= 15 is 0 Å². The van der Waals surface area contributed by atoms with E-state index in [1.54, 1.807) is 18.2 Å². The number of aromatic nitrogens is 1. The summed E-state index contributed by atoms with van der Waals surface area (Å²) in [7, 11) is 1.51. The first kappa shape index (κ1) is 16.5. The minimum atomic E-state index is -0.623. The molecule has 7 nitrogen and oxygen atoms in total. The van der Waals surface area contributed by atoms with Crippen molar-refractivity contribution in [3.05, 3.63) is 63.8 Å². The van der Waals surface area contributed by atoms with Crippen molar-refractivity contribution in [2.24, 2.45) is 0 Å². The highest BCUT2D eigenvalue weighted by Gasteiger charge is 2.14. The number of hydrogen-bond acceptors (Lipinski definition) is 6. The summed E-state index contributed by atoms with van der Waals surface area (Å²) in [6.45, 7) is 1.30. The van der Waals surface area contributed by atoms with Crippen LogP contribution < -0.4 is 10.4 Å². The van der Waals surface area contributed by atoms with Crippen molar-refractivity contribution >= 4 is 22.7 Å². The van der Waals surface area contributed by atoms with Gasteiger partial charge in [0.2, 0.25) is 0 Å². The predicted octanol–water partition coefficient (Wildman–Crippen LogP) is 2.69. The average Bonchev–Trinajstić information content (AvgIpc) is 3.09. The first-order chi connectivity index (χ1) is 12.0. The molecule has 0 radical (unpaired) electrons. The third-order valence-corrected chi connectivity index (χ3v) is 3.71. The molecule has 0 bridgehead atoms. The fourth-order valence-electron chi connectivity index (χ4n) is 2.39. The second-order valence-corrected chi connectivity index (χ2v) is 5.39. The number of fused-ring (bicyclic) bond motifs is 1. The number of H-pyrrole nitrogens is 1. The molecule has 3 rings (SSSR count). The molecule has 7 heteroatoms. The predicted molar refractivity (Wildman–Crippen MR) is 89.0 cm³/mol. The summed E-state index contributed by atoms with van der Waals surface area (Å²) in [5, 5.41) is 0.643. The molecule has 0 aliphatic heterocycles. The molecule has 0 amide bonds. The third kappa shape index (κ3) is 3.45. The van der Waals surface area contributed by atoms with E-state index in [1.165, 1.54) is 32.4 Å². The maximum Gasteiger partial charge on any atom is 0.355 e. The zero-order valence-corrected chi connectivity index (χ0v) is 13.6. The third-order valence-electron chi connectivity index (χ3n) is 3.71. The lowest BCUT2D eigenvalue weighted by Gasteiger charge is -2.07. The van der Waals surface area contributed by atoms with Crippen LogP contribution >= 0.6 is 0 Å². The second kappa shape index (κ2) is 6.64. The zero-order valence-electron chi connectivity index (χ0n) is 13.6. The molecule has 0 saturated heterocycles. The smallest absolute Gasteiger partial charge is 0.355 e. The van der Waals surface area contributed by atoms with Crippen LogP contribution in [-0.4, -0.2) is 23.8 Å². The Bertz CT molecular complexity index is 1010. The quantitative estimate of drug-likeness (QED) is 0.435. The second-order valence-electron chi connectivity index (χ2n) is 5.39. The van der Waals surface area contributed by atoms with Crippen LogP contribution in [0.4, 0.5) is 0 Å². The number of esters is 1. The van der Waals surface area contributed by atoms with E-state index < -0.39 is 11.6 Å². The standard InChI is InChI=1S/C18H15NO6/c1-10(20)11-5-15(19-8-11)18(22)24-9-12-6-17(21)25-16-7-13(23-2)3-4-14(12)16/h3-8,19H,9H2,1-2H3. The lowest BCUT2D eigenvalue weighted by atomic mass is 10.1. The van der Waals surface area contributed by atoms with Gasteiger partial charge in [0.05, 0.1) is 7.11 Å². The molecule has 128 valence electrons. The Morgan fingerprint density at radius 3 is 2.68 bits per heavy atom. The monoisotopic (exact) mass is 341 g/mol. The Kier molecular flexibility index (Phi) is 4.38. The number of ketones is 1. The molecule has 1 aromatic carbocycles. The van der Waals surface area contributed by atoms with Crippen LogP contribution in [0.1, 0.15) is 33.3 Å². The number of rotatable bonds is 5. The average molecular weight is 341 g/mol. The summed E-state index contributed by atoms with van der Waals surface area (Å²) in [5.41, 5.74) is 0.867. The van der Waals surface area contributed by atoms with E-state index in [2.05, 4.69) is 4.98 Å². The molecule has 25 heavy (non-hydrogen) atoms. The first-order valence-corrected chi connectivity index (χ1v) is 7.45. The van der Waals surface area contributed by atoms with Gasteiger partial charge in [-0.25, -0.2) is 9.59 Å². The molecule has 0 aliphatic rings. The van der Waals surface area contributed by atoms with Gasteiger partial charge in [-0.15, -0.1) is 0 Å². The Balaban J connectivity index is 1.83. The van der Waals surface area contributed by atoms with Crippen molar-refractivity contribution < 1.29 is 23.5 Å².